The third-order valence-corrected chi connectivity index (χ3v) is 3.45. The van der Waals surface area contributed by atoms with Crippen LogP contribution < -0.4 is 0 Å². The second-order valence-electron chi connectivity index (χ2n) is 4.84. The molecule has 0 aliphatic heterocycles. The van der Waals surface area contributed by atoms with Crippen molar-refractivity contribution in [2.75, 3.05) is 0 Å². The minimum absolute atomic E-state index is 0.0578. The highest BCUT2D eigenvalue weighted by atomic mass is 19.3. The van der Waals surface area contributed by atoms with Gasteiger partial charge < -0.3 is 0 Å². The number of pyridine rings is 1. The van der Waals surface area contributed by atoms with Gasteiger partial charge in [-0.1, -0.05) is 18.2 Å². The van der Waals surface area contributed by atoms with Gasteiger partial charge in [-0.3, -0.25) is 4.98 Å². The zero-order chi connectivity index (χ0) is 12.0. The summed E-state index contributed by atoms with van der Waals surface area (Å²) in [6.45, 7) is 2.00. The zero-order valence-corrected chi connectivity index (χ0v) is 9.58. The SMILES string of the molecule is Cc1cc(C2CC(F)(F)C2)nc2ccccc12. The second-order valence-corrected chi connectivity index (χ2v) is 4.84. The zero-order valence-electron chi connectivity index (χ0n) is 9.58. The first-order valence-corrected chi connectivity index (χ1v) is 5.79. The molecule has 3 rings (SSSR count). The Bertz CT molecular complexity index is 569. The number of fused-ring (bicyclic) bond motifs is 1. The van der Waals surface area contributed by atoms with E-state index in [0.717, 1.165) is 22.2 Å². The van der Waals surface area contributed by atoms with Crippen LogP contribution in [-0.4, -0.2) is 10.9 Å². The van der Waals surface area contributed by atoms with E-state index in [2.05, 4.69) is 4.98 Å². The molecule has 0 N–H and O–H groups in total. The average molecular weight is 233 g/mol. The standard InChI is InChI=1S/C14H13F2N/c1-9-6-13(10-7-14(15,16)8-10)17-12-5-3-2-4-11(9)12/h2-6,10H,7-8H2,1H3. The molecule has 0 amide bonds. The first-order valence-electron chi connectivity index (χ1n) is 5.79. The Morgan fingerprint density at radius 2 is 1.94 bits per heavy atom. The Labute approximate surface area is 98.5 Å². The van der Waals surface area contributed by atoms with Crippen molar-refractivity contribution in [1.29, 1.82) is 0 Å². The van der Waals surface area contributed by atoms with Crippen LogP contribution >= 0.6 is 0 Å². The molecule has 1 fully saturated rings. The van der Waals surface area contributed by atoms with Gasteiger partial charge in [0.25, 0.3) is 0 Å². The Kier molecular flexibility index (Phi) is 2.18. The number of aryl methyl sites for hydroxylation is 1. The summed E-state index contributed by atoms with van der Waals surface area (Å²) in [4.78, 5) is 4.49. The largest absolute Gasteiger partial charge is 0.253 e. The van der Waals surface area contributed by atoms with Crippen molar-refractivity contribution < 1.29 is 8.78 Å². The molecule has 0 saturated heterocycles. The minimum atomic E-state index is -2.48. The van der Waals surface area contributed by atoms with Crippen molar-refractivity contribution in [3.05, 3.63) is 41.6 Å². The van der Waals surface area contributed by atoms with Gasteiger partial charge in [-0.05, 0) is 24.6 Å². The number of hydrogen-bond acceptors (Lipinski definition) is 1. The van der Waals surface area contributed by atoms with Crippen LogP contribution in [0.15, 0.2) is 30.3 Å². The lowest BCUT2D eigenvalue weighted by molar-refractivity contribution is -0.0875. The molecular weight excluding hydrogens is 220 g/mol. The van der Waals surface area contributed by atoms with Crippen molar-refractivity contribution in [2.24, 2.45) is 0 Å². The summed E-state index contributed by atoms with van der Waals surface area (Å²) in [5, 5.41) is 1.10. The Balaban J connectivity index is 2.02. The van der Waals surface area contributed by atoms with Crippen molar-refractivity contribution in [3.63, 3.8) is 0 Å². The molecule has 3 heteroatoms. The fraction of sp³-hybridized carbons (Fsp3) is 0.357. The summed E-state index contributed by atoms with van der Waals surface area (Å²) in [7, 11) is 0. The van der Waals surface area contributed by atoms with E-state index in [9.17, 15) is 8.78 Å². The molecule has 1 aromatic carbocycles. The van der Waals surface area contributed by atoms with Gasteiger partial charge >= 0.3 is 0 Å². The van der Waals surface area contributed by atoms with Crippen LogP contribution in [0.1, 0.15) is 30.0 Å². The van der Waals surface area contributed by atoms with Gasteiger partial charge in [-0.15, -0.1) is 0 Å². The Morgan fingerprint density at radius 1 is 1.24 bits per heavy atom. The van der Waals surface area contributed by atoms with E-state index in [1.54, 1.807) is 0 Å². The summed E-state index contributed by atoms with van der Waals surface area (Å²) >= 11 is 0. The van der Waals surface area contributed by atoms with Crippen LogP contribution in [0, 0.1) is 6.92 Å². The third kappa shape index (κ3) is 1.79. The van der Waals surface area contributed by atoms with E-state index in [0.29, 0.717) is 0 Å². The number of halogens is 2. The molecule has 88 valence electrons. The number of nitrogens with zero attached hydrogens (tertiary/aromatic N) is 1. The van der Waals surface area contributed by atoms with Gasteiger partial charge in [0.2, 0.25) is 5.92 Å². The minimum Gasteiger partial charge on any atom is -0.253 e. The van der Waals surface area contributed by atoms with Crippen molar-refractivity contribution >= 4 is 10.9 Å². The molecule has 0 radical (unpaired) electrons. The fourth-order valence-electron chi connectivity index (χ4n) is 2.46. The molecule has 1 nitrogen and oxygen atoms in total. The van der Waals surface area contributed by atoms with Crippen molar-refractivity contribution in [3.8, 4) is 0 Å². The van der Waals surface area contributed by atoms with E-state index in [1.165, 1.54) is 0 Å². The maximum atomic E-state index is 12.9. The van der Waals surface area contributed by atoms with Gasteiger partial charge in [0.05, 0.1) is 5.52 Å². The quantitative estimate of drug-likeness (QED) is 0.724. The number of para-hydroxylation sites is 1. The summed E-state index contributed by atoms with van der Waals surface area (Å²) < 4.78 is 25.7. The van der Waals surface area contributed by atoms with E-state index in [1.807, 2.05) is 37.3 Å². The van der Waals surface area contributed by atoms with Crippen LogP contribution in [-0.2, 0) is 0 Å². The molecule has 0 unspecified atom stereocenters. The van der Waals surface area contributed by atoms with Gasteiger partial charge in [0.1, 0.15) is 0 Å². The number of benzene rings is 1. The summed E-state index contributed by atoms with van der Waals surface area (Å²) in [5.41, 5.74) is 2.82. The van der Waals surface area contributed by atoms with Crippen LogP contribution in [0.2, 0.25) is 0 Å². The molecule has 1 saturated carbocycles. The normalized spacial score (nSPS) is 19.2. The number of rotatable bonds is 1. The molecule has 2 aromatic rings. The highest BCUT2D eigenvalue weighted by Crippen LogP contribution is 2.48. The molecule has 1 heterocycles. The van der Waals surface area contributed by atoms with Crippen molar-refractivity contribution in [2.45, 2.75) is 31.6 Å². The van der Waals surface area contributed by atoms with Crippen LogP contribution in [0.5, 0.6) is 0 Å². The lowest BCUT2D eigenvalue weighted by Crippen LogP contribution is -2.34. The molecule has 1 aliphatic rings. The maximum absolute atomic E-state index is 12.9. The second kappa shape index (κ2) is 3.49. The number of alkyl halides is 2. The smallest absolute Gasteiger partial charge is 0.249 e. The van der Waals surface area contributed by atoms with E-state index >= 15 is 0 Å². The van der Waals surface area contributed by atoms with Crippen LogP contribution in [0.3, 0.4) is 0 Å². The van der Waals surface area contributed by atoms with Gasteiger partial charge in [-0.2, -0.15) is 0 Å². The van der Waals surface area contributed by atoms with E-state index in [-0.39, 0.29) is 18.8 Å². The number of hydrogen-bond donors (Lipinski definition) is 0. The molecule has 1 aliphatic carbocycles. The van der Waals surface area contributed by atoms with Gasteiger partial charge in [0, 0.05) is 29.8 Å². The highest BCUT2D eigenvalue weighted by molar-refractivity contribution is 5.82. The summed E-state index contributed by atoms with van der Waals surface area (Å²) in [5.74, 6) is -2.56. The monoisotopic (exact) mass is 233 g/mol. The van der Waals surface area contributed by atoms with Crippen LogP contribution in [0.4, 0.5) is 8.78 Å². The van der Waals surface area contributed by atoms with Gasteiger partial charge in [-0.25, -0.2) is 8.78 Å². The predicted molar refractivity (Wildman–Crippen MR) is 63.4 cm³/mol. The molecule has 0 bridgehead atoms. The Hall–Kier alpha value is -1.51. The molecule has 17 heavy (non-hydrogen) atoms. The first kappa shape index (κ1) is 10.6. The van der Waals surface area contributed by atoms with Crippen LogP contribution in [0.25, 0.3) is 10.9 Å². The topological polar surface area (TPSA) is 12.9 Å². The van der Waals surface area contributed by atoms with E-state index < -0.39 is 5.92 Å². The summed E-state index contributed by atoms with van der Waals surface area (Å²) in [6.07, 6.45) is -0.116. The molecule has 0 atom stereocenters. The lowest BCUT2D eigenvalue weighted by Gasteiger charge is -2.34. The van der Waals surface area contributed by atoms with Gasteiger partial charge in [0.15, 0.2) is 0 Å². The highest BCUT2D eigenvalue weighted by Gasteiger charge is 2.46. The molecular formula is C14H13F2N. The molecule has 1 aromatic heterocycles. The third-order valence-electron chi connectivity index (χ3n) is 3.45. The average Bonchev–Trinajstić information content (AvgIpc) is 2.26. The van der Waals surface area contributed by atoms with E-state index in [4.69, 9.17) is 0 Å². The predicted octanol–water partition coefficient (Wildman–Crippen LogP) is 4.06. The maximum Gasteiger partial charge on any atom is 0.249 e. The number of aromatic nitrogens is 1. The summed E-state index contributed by atoms with van der Waals surface area (Å²) in [6, 6.07) is 9.78. The van der Waals surface area contributed by atoms with Crippen molar-refractivity contribution in [1.82, 2.24) is 4.98 Å². The fourth-order valence-corrected chi connectivity index (χ4v) is 2.46. The Morgan fingerprint density at radius 3 is 2.65 bits per heavy atom. The molecule has 0 spiro atoms. The lowest BCUT2D eigenvalue weighted by atomic mass is 9.78. The first-order chi connectivity index (χ1) is 8.05.